The quantitative estimate of drug-likeness (QED) is 0.707. The summed E-state index contributed by atoms with van der Waals surface area (Å²) in [4.78, 5) is 12.0. The average molecular weight is 360 g/mol. The lowest BCUT2D eigenvalue weighted by Crippen LogP contribution is -2.20. The second-order valence-electron chi connectivity index (χ2n) is 5.42. The summed E-state index contributed by atoms with van der Waals surface area (Å²) in [6, 6.07) is 13.3. The van der Waals surface area contributed by atoms with Gasteiger partial charge in [-0.1, -0.05) is 48.9 Å². The van der Waals surface area contributed by atoms with Gasteiger partial charge in [-0.3, -0.25) is 4.79 Å². The Morgan fingerprint density at radius 2 is 2.00 bits per heavy atom. The summed E-state index contributed by atoms with van der Waals surface area (Å²) in [7, 11) is 1.56. The van der Waals surface area contributed by atoms with E-state index in [0.717, 1.165) is 17.5 Å². The fourth-order valence-electron chi connectivity index (χ4n) is 2.20. The normalized spacial score (nSPS) is 10.7. The average Bonchev–Trinajstić information content (AvgIpc) is 2.64. The molecule has 0 aliphatic rings. The van der Waals surface area contributed by atoms with E-state index in [1.54, 1.807) is 25.3 Å². The van der Waals surface area contributed by atoms with Crippen molar-refractivity contribution < 1.29 is 14.3 Å². The minimum Gasteiger partial charge on any atom is -0.493 e. The van der Waals surface area contributed by atoms with Gasteiger partial charge in [-0.25, -0.2) is 0 Å². The minimum absolute atomic E-state index is 0.176. The number of halogens is 1. The molecule has 0 aromatic heterocycles. The molecule has 2 aromatic rings. The highest BCUT2D eigenvalue weighted by Gasteiger charge is 2.11. The van der Waals surface area contributed by atoms with Gasteiger partial charge in [-0.15, -0.1) is 0 Å². The lowest BCUT2D eigenvalue weighted by atomic mass is 10.2. The van der Waals surface area contributed by atoms with Crippen LogP contribution in [0.4, 0.5) is 0 Å². The van der Waals surface area contributed by atoms with Crippen LogP contribution in [0.2, 0.25) is 5.02 Å². The van der Waals surface area contributed by atoms with Crippen LogP contribution in [0.25, 0.3) is 6.08 Å². The van der Waals surface area contributed by atoms with Crippen LogP contribution in [0.5, 0.6) is 11.5 Å². The molecular formula is C20H22ClNO3. The van der Waals surface area contributed by atoms with Crippen LogP contribution in [0.1, 0.15) is 24.5 Å². The van der Waals surface area contributed by atoms with E-state index >= 15 is 0 Å². The summed E-state index contributed by atoms with van der Waals surface area (Å²) >= 11 is 6.27. The number of hydrogen-bond acceptors (Lipinski definition) is 3. The van der Waals surface area contributed by atoms with E-state index in [9.17, 15) is 4.79 Å². The first-order chi connectivity index (χ1) is 12.1. The number of rotatable bonds is 8. The lowest BCUT2D eigenvalue weighted by Gasteiger charge is -2.12. The fraction of sp³-hybridized carbons (Fsp3) is 0.250. The molecule has 1 amide bonds. The van der Waals surface area contributed by atoms with Gasteiger partial charge in [0.1, 0.15) is 0 Å². The number of hydrogen-bond donors (Lipinski definition) is 1. The van der Waals surface area contributed by atoms with Crippen molar-refractivity contribution in [2.24, 2.45) is 0 Å². The highest BCUT2D eigenvalue weighted by atomic mass is 35.5. The number of nitrogens with one attached hydrogen (secondary N) is 1. The van der Waals surface area contributed by atoms with Crippen LogP contribution in [0.3, 0.4) is 0 Å². The monoisotopic (exact) mass is 359 g/mol. The number of ether oxygens (including phenoxy) is 2. The first kappa shape index (κ1) is 18.9. The van der Waals surface area contributed by atoms with Gasteiger partial charge < -0.3 is 14.8 Å². The zero-order valence-electron chi connectivity index (χ0n) is 14.4. The molecule has 0 atom stereocenters. The van der Waals surface area contributed by atoms with Crippen molar-refractivity contribution in [2.75, 3.05) is 13.7 Å². The van der Waals surface area contributed by atoms with E-state index < -0.39 is 0 Å². The Kier molecular flexibility index (Phi) is 7.36. The van der Waals surface area contributed by atoms with Crippen molar-refractivity contribution in [1.29, 1.82) is 0 Å². The molecule has 0 aliphatic carbocycles. The predicted molar refractivity (Wildman–Crippen MR) is 101 cm³/mol. The van der Waals surface area contributed by atoms with Gasteiger partial charge in [0, 0.05) is 12.6 Å². The van der Waals surface area contributed by atoms with Crippen LogP contribution < -0.4 is 14.8 Å². The Bertz CT molecular complexity index is 729. The largest absolute Gasteiger partial charge is 0.493 e. The van der Waals surface area contributed by atoms with E-state index in [1.165, 1.54) is 6.08 Å². The predicted octanol–water partition coefficient (Wildman–Crippen LogP) is 4.47. The summed E-state index contributed by atoms with van der Waals surface area (Å²) in [6.45, 7) is 3.07. The zero-order chi connectivity index (χ0) is 18.1. The molecule has 0 heterocycles. The van der Waals surface area contributed by atoms with E-state index in [-0.39, 0.29) is 5.91 Å². The Morgan fingerprint density at radius 1 is 1.24 bits per heavy atom. The Morgan fingerprint density at radius 3 is 2.68 bits per heavy atom. The summed E-state index contributed by atoms with van der Waals surface area (Å²) in [5, 5.41) is 3.29. The first-order valence-corrected chi connectivity index (χ1v) is 8.52. The molecule has 0 fully saturated rings. The molecule has 4 nitrogen and oxygen atoms in total. The number of carbonyl (C=O) groups excluding carboxylic acids is 1. The van der Waals surface area contributed by atoms with Crippen LogP contribution in [-0.2, 0) is 11.3 Å². The smallest absolute Gasteiger partial charge is 0.244 e. The van der Waals surface area contributed by atoms with Gasteiger partial charge >= 0.3 is 0 Å². The van der Waals surface area contributed by atoms with Gasteiger partial charge in [-0.05, 0) is 35.8 Å². The van der Waals surface area contributed by atoms with Crippen LogP contribution >= 0.6 is 11.6 Å². The number of carbonyl (C=O) groups is 1. The van der Waals surface area contributed by atoms with Crippen LogP contribution in [0.15, 0.2) is 48.5 Å². The van der Waals surface area contributed by atoms with Gasteiger partial charge in [0.2, 0.25) is 5.91 Å². The van der Waals surface area contributed by atoms with Crippen molar-refractivity contribution in [3.05, 3.63) is 64.7 Å². The molecule has 0 bridgehead atoms. The molecule has 25 heavy (non-hydrogen) atoms. The molecule has 0 spiro atoms. The SMILES string of the molecule is CCCOc1c(Cl)cc(/C=C/C(=O)NCc2ccccc2)cc1OC. The third-order valence-electron chi connectivity index (χ3n) is 3.44. The van der Waals surface area contributed by atoms with Crippen molar-refractivity contribution >= 4 is 23.6 Å². The molecule has 2 aromatic carbocycles. The van der Waals surface area contributed by atoms with Crippen molar-refractivity contribution in [3.63, 3.8) is 0 Å². The van der Waals surface area contributed by atoms with E-state index in [0.29, 0.717) is 29.7 Å². The van der Waals surface area contributed by atoms with E-state index in [2.05, 4.69) is 5.32 Å². The van der Waals surface area contributed by atoms with E-state index in [4.69, 9.17) is 21.1 Å². The van der Waals surface area contributed by atoms with Gasteiger partial charge in [0.05, 0.1) is 18.7 Å². The fourth-order valence-corrected chi connectivity index (χ4v) is 2.47. The second-order valence-corrected chi connectivity index (χ2v) is 5.83. The highest BCUT2D eigenvalue weighted by molar-refractivity contribution is 6.32. The number of benzene rings is 2. The lowest BCUT2D eigenvalue weighted by molar-refractivity contribution is -0.116. The van der Waals surface area contributed by atoms with Crippen molar-refractivity contribution in [2.45, 2.75) is 19.9 Å². The molecule has 2 rings (SSSR count). The Labute approximate surface area is 153 Å². The molecule has 0 saturated carbocycles. The summed E-state index contributed by atoms with van der Waals surface area (Å²) in [5.41, 5.74) is 1.81. The third kappa shape index (κ3) is 5.84. The third-order valence-corrected chi connectivity index (χ3v) is 3.72. The standard InChI is InChI=1S/C20H22ClNO3/c1-3-11-25-20-17(21)12-16(13-18(20)24-2)9-10-19(23)22-14-15-7-5-4-6-8-15/h4-10,12-13H,3,11,14H2,1-2H3,(H,22,23)/b10-9+. The summed E-state index contributed by atoms with van der Waals surface area (Å²) < 4.78 is 10.9. The second kappa shape index (κ2) is 9.74. The van der Waals surface area contributed by atoms with Gasteiger partial charge in [0.15, 0.2) is 11.5 Å². The molecule has 0 aliphatic heterocycles. The maximum Gasteiger partial charge on any atom is 0.244 e. The highest BCUT2D eigenvalue weighted by Crippen LogP contribution is 2.36. The molecule has 0 saturated heterocycles. The van der Waals surface area contributed by atoms with Crippen LogP contribution in [0, 0.1) is 0 Å². The minimum atomic E-state index is -0.176. The molecule has 0 radical (unpaired) electrons. The number of amides is 1. The van der Waals surface area contributed by atoms with E-state index in [1.807, 2.05) is 37.3 Å². The van der Waals surface area contributed by atoms with Crippen molar-refractivity contribution in [3.8, 4) is 11.5 Å². The first-order valence-electron chi connectivity index (χ1n) is 8.14. The molecule has 132 valence electrons. The van der Waals surface area contributed by atoms with Crippen molar-refractivity contribution in [1.82, 2.24) is 5.32 Å². The molecule has 5 heteroatoms. The maximum atomic E-state index is 12.0. The molecule has 0 unspecified atom stereocenters. The Balaban J connectivity index is 2.02. The molecule has 1 N–H and O–H groups in total. The number of methoxy groups -OCH3 is 1. The summed E-state index contributed by atoms with van der Waals surface area (Å²) in [5.74, 6) is 0.896. The van der Waals surface area contributed by atoms with Crippen LogP contribution in [-0.4, -0.2) is 19.6 Å². The van der Waals surface area contributed by atoms with Gasteiger partial charge in [-0.2, -0.15) is 0 Å². The topological polar surface area (TPSA) is 47.6 Å². The zero-order valence-corrected chi connectivity index (χ0v) is 15.2. The Hall–Kier alpha value is -2.46. The van der Waals surface area contributed by atoms with Gasteiger partial charge in [0.25, 0.3) is 0 Å². The molecular weight excluding hydrogens is 338 g/mol. The maximum absolute atomic E-state index is 12.0. The summed E-state index contributed by atoms with van der Waals surface area (Å²) in [6.07, 6.45) is 4.04.